The minimum absolute atomic E-state index is 0.149. The molecule has 11 heavy (non-hydrogen) atoms. The summed E-state index contributed by atoms with van der Waals surface area (Å²) in [6, 6.07) is 0.251. The molecule has 1 aliphatic rings. The summed E-state index contributed by atoms with van der Waals surface area (Å²) >= 11 is 0. The maximum absolute atomic E-state index is 12.3. The molecule has 66 valence electrons. The fourth-order valence-electron chi connectivity index (χ4n) is 1.73. The Morgan fingerprint density at radius 1 is 1.55 bits per heavy atom. The third-order valence-electron chi connectivity index (χ3n) is 2.48. The predicted molar refractivity (Wildman–Crippen MR) is 45.5 cm³/mol. The van der Waals surface area contributed by atoms with Gasteiger partial charge in [0.15, 0.2) is 0 Å². The van der Waals surface area contributed by atoms with E-state index in [9.17, 15) is 4.39 Å². The highest BCUT2D eigenvalue weighted by Gasteiger charge is 2.22. The molecule has 1 rings (SSSR count). The number of rotatable bonds is 4. The summed E-state index contributed by atoms with van der Waals surface area (Å²) in [5.74, 6) is 0. The molecule has 0 N–H and O–H groups in total. The Labute approximate surface area is 68.6 Å². The van der Waals surface area contributed by atoms with Crippen LogP contribution in [0.3, 0.4) is 0 Å². The number of unbranched alkanes of at least 4 members (excludes halogenated alkanes) is 1. The van der Waals surface area contributed by atoms with E-state index in [1.54, 1.807) is 0 Å². The van der Waals surface area contributed by atoms with Crippen LogP contribution in [-0.2, 0) is 0 Å². The lowest BCUT2D eigenvalue weighted by Gasteiger charge is -2.21. The molecule has 0 aromatic rings. The highest BCUT2D eigenvalue weighted by atomic mass is 19.1. The van der Waals surface area contributed by atoms with Crippen molar-refractivity contribution >= 4 is 0 Å². The van der Waals surface area contributed by atoms with E-state index in [2.05, 4.69) is 11.8 Å². The van der Waals surface area contributed by atoms with Crippen LogP contribution >= 0.6 is 0 Å². The van der Waals surface area contributed by atoms with Crippen molar-refractivity contribution in [2.24, 2.45) is 0 Å². The number of nitrogens with zero attached hydrogens (tertiary/aromatic N) is 1. The van der Waals surface area contributed by atoms with Crippen LogP contribution < -0.4 is 0 Å². The average molecular weight is 159 g/mol. The van der Waals surface area contributed by atoms with E-state index in [0.717, 1.165) is 19.5 Å². The van der Waals surface area contributed by atoms with Crippen molar-refractivity contribution in [1.82, 2.24) is 4.90 Å². The maximum Gasteiger partial charge on any atom is 0.105 e. The summed E-state index contributed by atoms with van der Waals surface area (Å²) < 4.78 is 12.3. The van der Waals surface area contributed by atoms with E-state index in [4.69, 9.17) is 0 Å². The van der Waals surface area contributed by atoms with Crippen LogP contribution in [0.2, 0.25) is 0 Å². The topological polar surface area (TPSA) is 3.24 Å². The molecule has 0 bridgehead atoms. The molecule has 1 fully saturated rings. The molecular weight excluding hydrogens is 141 g/mol. The second kappa shape index (κ2) is 4.70. The first-order valence-electron chi connectivity index (χ1n) is 4.68. The Morgan fingerprint density at radius 2 is 2.36 bits per heavy atom. The molecule has 1 atom stereocenters. The Hall–Kier alpha value is -0.110. The van der Waals surface area contributed by atoms with Crippen LogP contribution in [0.25, 0.3) is 0 Å². The van der Waals surface area contributed by atoms with Crippen LogP contribution in [0.4, 0.5) is 4.39 Å². The second-order valence-corrected chi connectivity index (χ2v) is 3.34. The van der Waals surface area contributed by atoms with Crippen molar-refractivity contribution in [3.05, 3.63) is 0 Å². The van der Waals surface area contributed by atoms with Gasteiger partial charge < -0.3 is 0 Å². The lowest BCUT2D eigenvalue weighted by molar-refractivity contribution is 0.212. The molecule has 0 aromatic carbocycles. The molecule has 1 aliphatic heterocycles. The van der Waals surface area contributed by atoms with E-state index in [1.165, 1.54) is 19.3 Å². The normalized spacial score (nSPS) is 26.2. The van der Waals surface area contributed by atoms with E-state index < -0.39 is 0 Å². The molecule has 1 unspecified atom stereocenters. The lowest BCUT2D eigenvalue weighted by atomic mass is 10.2. The largest absolute Gasteiger partial charge is 0.298 e. The SMILES string of the molecule is CCCCN1CCCC1CF. The van der Waals surface area contributed by atoms with E-state index in [0.29, 0.717) is 0 Å². The molecule has 0 radical (unpaired) electrons. The number of hydrogen-bond donors (Lipinski definition) is 0. The second-order valence-electron chi connectivity index (χ2n) is 3.34. The fraction of sp³-hybridized carbons (Fsp3) is 1.00. The minimum atomic E-state index is -0.149. The van der Waals surface area contributed by atoms with Gasteiger partial charge in [-0.15, -0.1) is 0 Å². The van der Waals surface area contributed by atoms with Crippen molar-refractivity contribution in [1.29, 1.82) is 0 Å². The molecule has 1 heterocycles. The third-order valence-corrected chi connectivity index (χ3v) is 2.48. The Kier molecular flexibility index (Phi) is 3.84. The lowest BCUT2D eigenvalue weighted by Crippen LogP contribution is -2.31. The van der Waals surface area contributed by atoms with Gasteiger partial charge in [-0.1, -0.05) is 13.3 Å². The van der Waals surface area contributed by atoms with Gasteiger partial charge in [0, 0.05) is 6.04 Å². The van der Waals surface area contributed by atoms with Gasteiger partial charge in [0.1, 0.15) is 6.67 Å². The molecule has 1 nitrogen and oxygen atoms in total. The van der Waals surface area contributed by atoms with Crippen molar-refractivity contribution in [3.63, 3.8) is 0 Å². The highest BCUT2D eigenvalue weighted by Crippen LogP contribution is 2.17. The van der Waals surface area contributed by atoms with E-state index >= 15 is 0 Å². The number of likely N-dealkylation sites (tertiary alicyclic amines) is 1. The summed E-state index contributed by atoms with van der Waals surface area (Å²) in [5, 5.41) is 0. The number of hydrogen-bond acceptors (Lipinski definition) is 1. The maximum atomic E-state index is 12.3. The highest BCUT2D eigenvalue weighted by molar-refractivity contribution is 4.77. The molecule has 0 amide bonds. The first-order chi connectivity index (χ1) is 5.38. The van der Waals surface area contributed by atoms with Crippen LogP contribution in [0.5, 0.6) is 0 Å². The smallest absolute Gasteiger partial charge is 0.105 e. The van der Waals surface area contributed by atoms with Gasteiger partial charge in [0.2, 0.25) is 0 Å². The molecule has 0 aliphatic carbocycles. The number of alkyl halides is 1. The molecule has 0 saturated carbocycles. The first kappa shape index (κ1) is 8.98. The summed E-state index contributed by atoms with van der Waals surface area (Å²) in [6.07, 6.45) is 4.70. The van der Waals surface area contributed by atoms with Crippen LogP contribution in [0.15, 0.2) is 0 Å². The monoisotopic (exact) mass is 159 g/mol. The van der Waals surface area contributed by atoms with Gasteiger partial charge in [-0.2, -0.15) is 0 Å². The quantitative estimate of drug-likeness (QED) is 0.608. The van der Waals surface area contributed by atoms with Crippen molar-refractivity contribution < 1.29 is 4.39 Å². The van der Waals surface area contributed by atoms with Crippen molar-refractivity contribution in [2.75, 3.05) is 19.8 Å². The molecule has 2 heteroatoms. The van der Waals surface area contributed by atoms with Gasteiger partial charge in [0.05, 0.1) is 0 Å². The average Bonchev–Trinajstić information content (AvgIpc) is 2.47. The Balaban J connectivity index is 2.20. The van der Waals surface area contributed by atoms with Gasteiger partial charge >= 0.3 is 0 Å². The zero-order valence-corrected chi connectivity index (χ0v) is 7.35. The molecule has 1 saturated heterocycles. The van der Waals surface area contributed by atoms with Gasteiger partial charge in [-0.05, 0) is 32.4 Å². The van der Waals surface area contributed by atoms with Crippen LogP contribution in [-0.4, -0.2) is 30.7 Å². The van der Waals surface area contributed by atoms with Gasteiger partial charge in [-0.25, -0.2) is 4.39 Å². The van der Waals surface area contributed by atoms with Crippen LogP contribution in [0, 0.1) is 0 Å². The summed E-state index contributed by atoms with van der Waals surface area (Å²) in [7, 11) is 0. The van der Waals surface area contributed by atoms with Crippen LogP contribution in [0.1, 0.15) is 32.6 Å². The Bertz CT molecular complexity index is 106. The summed E-state index contributed by atoms with van der Waals surface area (Å²) in [4.78, 5) is 2.30. The van der Waals surface area contributed by atoms with E-state index in [-0.39, 0.29) is 12.7 Å². The first-order valence-corrected chi connectivity index (χ1v) is 4.68. The van der Waals surface area contributed by atoms with Crippen molar-refractivity contribution in [3.8, 4) is 0 Å². The summed E-state index contributed by atoms with van der Waals surface area (Å²) in [6.45, 7) is 4.25. The zero-order chi connectivity index (χ0) is 8.10. The minimum Gasteiger partial charge on any atom is -0.298 e. The standard InChI is InChI=1S/C9H18FN/c1-2-3-6-11-7-4-5-9(11)8-10/h9H,2-8H2,1H3. The molecular formula is C9H18FN. The zero-order valence-electron chi connectivity index (χ0n) is 7.35. The third kappa shape index (κ3) is 2.44. The Morgan fingerprint density at radius 3 is 3.00 bits per heavy atom. The fourth-order valence-corrected chi connectivity index (χ4v) is 1.73. The van der Waals surface area contributed by atoms with Gasteiger partial charge in [-0.3, -0.25) is 4.90 Å². The number of halogens is 1. The summed E-state index contributed by atoms with van der Waals surface area (Å²) in [5.41, 5.74) is 0. The van der Waals surface area contributed by atoms with E-state index in [1.807, 2.05) is 0 Å². The predicted octanol–water partition coefficient (Wildman–Crippen LogP) is 2.22. The molecule has 0 spiro atoms. The van der Waals surface area contributed by atoms with Crippen molar-refractivity contribution in [2.45, 2.75) is 38.6 Å². The van der Waals surface area contributed by atoms with Gasteiger partial charge in [0.25, 0.3) is 0 Å². The molecule has 0 aromatic heterocycles.